The molecule has 0 aliphatic heterocycles. The van der Waals surface area contributed by atoms with Crippen molar-refractivity contribution in [1.29, 1.82) is 0 Å². The Bertz CT molecular complexity index is 564. The Morgan fingerprint density at radius 3 is 2.40 bits per heavy atom. The van der Waals surface area contributed by atoms with Gasteiger partial charge in [0.25, 0.3) is 0 Å². The molecule has 0 spiro atoms. The summed E-state index contributed by atoms with van der Waals surface area (Å²) < 4.78 is 2.31. The molecule has 0 saturated heterocycles. The SMILES string of the molecule is Cc1ccc(CNC(C)Cc2ccc(Br)cc2)c(Br)c1. The maximum absolute atomic E-state index is 3.63. The topological polar surface area (TPSA) is 12.0 Å². The molecule has 0 heterocycles. The Balaban J connectivity index is 1.88. The van der Waals surface area contributed by atoms with E-state index < -0.39 is 0 Å². The number of halogens is 2. The minimum absolute atomic E-state index is 0.448. The molecule has 1 nitrogen and oxygen atoms in total. The number of rotatable bonds is 5. The van der Waals surface area contributed by atoms with Crippen LogP contribution in [0.1, 0.15) is 23.6 Å². The van der Waals surface area contributed by atoms with Gasteiger partial charge in [0, 0.05) is 21.5 Å². The molecule has 0 radical (unpaired) electrons. The first-order chi connectivity index (χ1) is 9.54. The summed E-state index contributed by atoms with van der Waals surface area (Å²) in [5.41, 5.74) is 3.94. The van der Waals surface area contributed by atoms with E-state index in [0.29, 0.717) is 6.04 Å². The minimum atomic E-state index is 0.448. The molecule has 1 unspecified atom stereocenters. The summed E-state index contributed by atoms with van der Waals surface area (Å²) in [7, 11) is 0. The number of aryl methyl sites for hydroxylation is 1. The van der Waals surface area contributed by atoms with Crippen molar-refractivity contribution in [3.63, 3.8) is 0 Å². The fraction of sp³-hybridized carbons (Fsp3) is 0.294. The first kappa shape index (κ1) is 15.7. The standard InChI is InChI=1S/C17H19Br2N/c1-12-3-6-15(17(19)9-12)11-20-13(2)10-14-4-7-16(18)8-5-14/h3-9,13,20H,10-11H2,1-2H3. The van der Waals surface area contributed by atoms with Crippen molar-refractivity contribution in [1.82, 2.24) is 5.32 Å². The van der Waals surface area contributed by atoms with Crippen LogP contribution in [0.25, 0.3) is 0 Å². The summed E-state index contributed by atoms with van der Waals surface area (Å²) >= 11 is 7.09. The third kappa shape index (κ3) is 4.72. The maximum atomic E-state index is 3.63. The molecule has 0 fully saturated rings. The molecule has 0 aromatic heterocycles. The van der Waals surface area contributed by atoms with E-state index in [1.165, 1.54) is 21.2 Å². The predicted molar refractivity (Wildman–Crippen MR) is 93.0 cm³/mol. The van der Waals surface area contributed by atoms with Gasteiger partial charge in [-0.1, -0.05) is 56.1 Å². The van der Waals surface area contributed by atoms with E-state index >= 15 is 0 Å². The Morgan fingerprint density at radius 2 is 1.75 bits per heavy atom. The number of hydrogen-bond donors (Lipinski definition) is 1. The summed E-state index contributed by atoms with van der Waals surface area (Å²) in [4.78, 5) is 0. The first-order valence-corrected chi connectivity index (χ1v) is 8.36. The Hall–Kier alpha value is -0.640. The van der Waals surface area contributed by atoms with Gasteiger partial charge in [0.15, 0.2) is 0 Å². The van der Waals surface area contributed by atoms with E-state index in [4.69, 9.17) is 0 Å². The van der Waals surface area contributed by atoms with Crippen LogP contribution in [0, 0.1) is 6.92 Å². The van der Waals surface area contributed by atoms with Crippen molar-refractivity contribution < 1.29 is 0 Å². The fourth-order valence-corrected chi connectivity index (χ4v) is 3.02. The predicted octanol–water partition coefficient (Wildman–Crippen LogP) is 5.24. The number of benzene rings is 2. The second-order valence-electron chi connectivity index (χ2n) is 5.21. The Labute approximate surface area is 138 Å². The number of hydrogen-bond acceptors (Lipinski definition) is 1. The largest absolute Gasteiger partial charge is 0.310 e. The molecule has 1 atom stereocenters. The van der Waals surface area contributed by atoms with E-state index in [0.717, 1.165) is 17.4 Å². The van der Waals surface area contributed by atoms with Crippen LogP contribution in [0.2, 0.25) is 0 Å². The highest BCUT2D eigenvalue weighted by Gasteiger charge is 2.05. The van der Waals surface area contributed by atoms with Gasteiger partial charge in [-0.05, 0) is 55.2 Å². The van der Waals surface area contributed by atoms with Crippen LogP contribution in [-0.2, 0) is 13.0 Å². The van der Waals surface area contributed by atoms with Crippen LogP contribution >= 0.6 is 31.9 Å². The maximum Gasteiger partial charge on any atom is 0.0222 e. The van der Waals surface area contributed by atoms with Crippen molar-refractivity contribution in [2.45, 2.75) is 32.9 Å². The van der Waals surface area contributed by atoms with Gasteiger partial charge in [0.2, 0.25) is 0 Å². The van der Waals surface area contributed by atoms with Crippen molar-refractivity contribution in [3.8, 4) is 0 Å². The van der Waals surface area contributed by atoms with E-state index in [2.05, 4.69) is 93.5 Å². The van der Waals surface area contributed by atoms with Gasteiger partial charge in [-0.15, -0.1) is 0 Å². The summed E-state index contributed by atoms with van der Waals surface area (Å²) in [6.45, 7) is 5.22. The molecule has 3 heteroatoms. The quantitative estimate of drug-likeness (QED) is 0.728. The second-order valence-corrected chi connectivity index (χ2v) is 6.98. The average molecular weight is 397 g/mol. The lowest BCUT2D eigenvalue weighted by Gasteiger charge is -2.15. The van der Waals surface area contributed by atoms with E-state index in [-0.39, 0.29) is 0 Å². The van der Waals surface area contributed by atoms with Crippen LogP contribution in [0.4, 0.5) is 0 Å². The van der Waals surface area contributed by atoms with Gasteiger partial charge in [0.05, 0.1) is 0 Å². The molecule has 0 saturated carbocycles. The number of nitrogens with one attached hydrogen (secondary N) is 1. The van der Waals surface area contributed by atoms with E-state index in [1.54, 1.807) is 0 Å². The van der Waals surface area contributed by atoms with Crippen LogP contribution in [-0.4, -0.2) is 6.04 Å². The molecule has 2 aromatic rings. The molecule has 1 N–H and O–H groups in total. The zero-order chi connectivity index (χ0) is 14.5. The van der Waals surface area contributed by atoms with Crippen LogP contribution < -0.4 is 5.32 Å². The zero-order valence-electron chi connectivity index (χ0n) is 11.8. The molecule has 0 aliphatic rings. The Morgan fingerprint density at radius 1 is 1.05 bits per heavy atom. The summed E-state index contributed by atoms with van der Waals surface area (Å²) in [6, 6.07) is 15.5. The van der Waals surface area contributed by atoms with Crippen LogP contribution in [0.5, 0.6) is 0 Å². The first-order valence-electron chi connectivity index (χ1n) is 6.77. The van der Waals surface area contributed by atoms with Gasteiger partial charge in [-0.3, -0.25) is 0 Å². The van der Waals surface area contributed by atoms with Gasteiger partial charge in [-0.25, -0.2) is 0 Å². The molecule has 0 bridgehead atoms. The summed E-state index contributed by atoms with van der Waals surface area (Å²) in [5.74, 6) is 0. The third-order valence-electron chi connectivity index (χ3n) is 3.30. The fourth-order valence-electron chi connectivity index (χ4n) is 2.13. The highest BCUT2D eigenvalue weighted by Crippen LogP contribution is 2.18. The Kier molecular flexibility index (Phi) is 5.82. The monoisotopic (exact) mass is 395 g/mol. The minimum Gasteiger partial charge on any atom is -0.310 e. The van der Waals surface area contributed by atoms with E-state index in [1.807, 2.05) is 0 Å². The van der Waals surface area contributed by atoms with Crippen molar-refractivity contribution >= 4 is 31.9 Å². The van der Waals surface area contributed by atoms with Gasteiger partial charge in [-0.2, -0.15) is 0 Å². The smallest absolute Gasteiger partial charge is 0.0222 e. The lowest BCUT2D eigenvalue weighted by atomic mass is 10.1. The third-order valence-corrected chi connectivity index (χ3v) is 4.57. The van der Waals surface area contributed by atoms with Crippen molar-refractivity contribution in [2.24, 2.45) is 0 Å². The molecule has 20 heavy (non-hydrogen) atoms. The average Bonchev–Trinajstić information content (AvgIpc) is 2.40. The van der Waals surface area contributed by atoms with Gasteiger partial charge in [0.1, 0.15) is 0 Å². The highest BCUT2D eigenvalue weighted by molar-refractivity contribution is 9.10. The zero-order valence-corrected chi connectivity index (χ0v) is 15.0. The second kappa shape index (κ2) is 7.39. The summed E-state index contributed by atoms with van der Waals surface area (Å²) in [6.07, 6.45) is 1.04. The van der Waals surface area contributed by atoms with E-state index in [9.17, 15) is 0 Å². The lowest BCUT2D eigenvalue weighted by Crippen LogP contribution is -2.27. The van der Waals surface area contributed by atoms with Gasteiger partial charge < -0.3 is 5.32 Å². The normalized spacial score (nSPS) is 12.4. The molecule has 2 aromatic carbocycles. The van der Waals surface area contributed by atoms with Crippen LogP contribution in [0.15, 0.2) is 51.4 Å². The van der Waals surface area contributed by atoms with Crippen molar-refractivity contribution in [3.05, 3.63) is 68.1 Å². The molecule has 0 amide bonds. The summed E-state index contributed by atoms with van der Waals surface area (Å²) in [5, 5.41) is 3.58. The molecule has 0 aliphatic carbocycles. The molecular weight excluding hydrogens is 378 g/mol. The van der Waals surface area contributed by atoms with Crippen LogP contribution in [0.3, 0.4) is 0 Å². The van der Waals surface area contributed by atoms with Crippen molar-refractivity contribution in [2.75, 3.05) is 0 Å². The molecule has 106 valence electrons. The molecule has 2 rings (SSSR count). The molecular formula is C17H19Br2N. The lowest BCUT2D eigenvalue weighted by molar-refractivity contribution is 0.544. The van der Waals surface area contributed by atoms with Gasteiger partial charge >= 0.3 is 0 Å². The highest BCUT2D eigenvalue weighted by atomic mass is 79.9.